The first-order valence-corrected chi connectivity index (χ1v) is 9.47. The van der Waals surface area contributed by atoms with Crippen LogP contribution in [-0.4, -0.2) is 44.1 Å². The average molecular weight is 331 g/mol. The number of carbonyl (C=O) groups is 1. The van der Waals surface area contributed by atoms with Gasteiger partial charge in [0.15, 0.2) is 5.78 Å². The van der Waals surface area contributed by atoms with Crippen molar-refractivity contribution in [2.45, 2.75) is 83.7 Å². The van der Waals surface area contributed by atoms with Gasteiger partial charge in [-0.2, -0.15) is 0 Å². The number of carbonyl (C=O) groups excluding carboxylic acids is 1. The Bertz CT molecular complexity index is 277. The molecule has 0 aliphatic heterocycles. The zero-order valence-electron chi connectivity index (χ0n) is 15.3. The molecule has 0 aliphatic rings. The molecule has 0 rings (SSSR count). The van der Waals surface area contributed by atoms with E-state index in [9.17, 15) is 4.79 Å². The highest BCUT2D eigenvalue weighted by atomic mass is 31.0. The summed E-state index contributed by atoms with van der Waals surface area (Å²) in [6, 6.07) is 0. The topological polar surface area (TPSA) is 26.3 Å². The highest BCUT2D eigenvalue weighted by molar-refractivity contribution is 7.09. The van der Waals surface area contributed by atoms with Gasteiger partial charge in [-0.3, -0.25) is 4.79 Å². The summed E-state index contributed by atoms with van der Waals surface area (Å²) in [5.74, 6) is 0.225. The second kappa shape index (κ2) is 13.5. The van der Waals surface area contributed by atoms with E-state index in [4.69, 9.17) is 4.52 Å². The molecule has 0 amide bonds. The summed E-state index contributed by atoms with van der Waals surface area (Å²) in [7, 11) is 9.28. The van der Waals surface area contributed by atoms with Crippen LogP contribution in [0.15, 0.2) is 0 Å². The maximum Gasteiger partial charge on any atom is 0.164 e. The lowest BCUT2D eigenvalue weighted by Gasteiger charge is -2.30. The van der Waals surface area contributed by atoms with Gasteiger partial charge in [0.25, 0.3) is 0 Å². The molecule has 0 fully saturated rings. The van der Waals surface area contributed by atoms with Gasteiger partial charge < -0.3 is 18.5 Å². The van der Waals surface area contributed by atoms with Gasteiger partial charge in [-0.1, -0.05) is 64.7 Å². The molecule has 1 unspecified atom stereocenters. The molecule has 0 heterocycles. The number of unbranched alkanes of at least 4 members (excludes halogenated alkanes) is 9. The van der Waals surface area contributed by atoms with Crippen LogP contribution in [0.1, 0.15) is 77.6 Å². The summed E-state index contributed by atoms with van der Waals surface area (Å²) in [6.45, 7) is 2.97. The van der Waals surface area contributed by atoms with Gasteiger partial charge in [-0.05, 0) is 6.42 Å². The lowest BCUT2D eigenvalue weighted by atomic mass is 10.0. The molecule has 0 saturated heterocycles. The number of nitrogens with zero attached hydrogens (tertiary/aromatic N) is 1. The number of ketones is 1. The van der Waals surface area contributed by atoms with E-state index in [0.717, 1.165) is 10.9 Å². The van der Waals surface area contributed by atoms with Crippen molar-refractivity contribution >= 4 is 15.2 Å². The summed E-state index contributed by atoms with van der Waals surface area (Å²) in [5.41, 5.74) is 0. The molecule has 22 heavy (non-hydrogen) atoms. The van der Waals surface area contributed by atoms with Gasteiger partial charge in [0.1, 0.15) is 12.6 Å². The summed E-state index contributed by atoms with van der Waals surface area (Å²) >= 11 is 0. The minimum absolute atomic E-state index is 0.225. The summed E-state index contributed by atoms with van der Waals surface area (Å²) < 4.78 is 5.91. The monoisotopic (exact) mass is 331 g/mol. The van der Waals surface area contributed by atoms with Crippen molar-refractivity contribution in [3.05, 3.63) is 0 Å². The van der Waals surface area contributed by atoms with Gasteiger partial charge in [0, 0.05) is 6.42 Å². The molecule has 132 valence electrons. The second-order valence-corrected chi connectivity index (χ2v) is 7.71. The first-order chi connectivity index (χ1) is 10.4. The van der Waals surface area contributed by atoms with Crippen LogP contribution in [-0.2, 0) is 9.32 Å². The van der Waals surface area contributed by atoms with Crippen molar-refractivity contribution in [3.63, 3.8) is 0 Å². The molecule has 0 aliphatic carbocycles. The van der Waals surface area contributed by atoms with Crippen LogP contribution in [0.25, 0.3) is 0 Å². The van der Waals surface area contributed by atoms with E-state index in [-0.39, 0.29) is 11.9 Å². The SMILES string of the molecule is CCCCCCCCCCCCC(=O)C(C[N+](C)(C)C)O[PH-]. The van der Waals surface area contributed by atoms with Crippen molar-refractivity contribution in [2.75, 3.05) is 27.7 Å². The molecule has 0 spiro atoms. The van der Waals surface area contributed by atoms with Crippen LogP contribution in [0.4, 0.5) is 0 Å². The molecule has 1 atom stereocenters. The van der Waals surface area contributed by atoms with Crippen molar-refractivity contribution in [1.29, 1.82) is 0 Å². The first-order valence-electron chi connectivity index (χ1n) is 9.06. The first kappa shape index (κ1) is 22.0. The van der Waals surface area contributed by atoms with Crippen LogP contribution in [0.3, 0.4) is 0 Å². The fourth-order valence-electron chi connectivity index (χ4n) is 2.65. The summed E-state index contributed by atoms with van der Waals surface area (Å²) in [6.07, 6.45) is 13.3. The third-order valence-corrected chi connectivity index (χ3v) is 4.28. The highest BCUT2D eigenvalue weighted by Crippen LogP contribution is 2.13. The Balaban J connectivity index is 3.55. The summed E-state index contributed by atoms with van der Waals surface area (Å²) in [5, 5.41) is 0. The number of hydrogen-bond donors (Lipinski definition) is 0. The van der Waals surface area contributed by atoms with E-state index >= 15 is 0 Å². The average Bonchev–Trinajstić information content (AvgIpc) is 2.45. The van der Waals surface area contributed by atoms with Crippen LogP contribution < -0.4 is 0 Å². The Labute approximate surface area is 141 Å². The van der Waals surface area contributed by atoms with Crippen molar-refractivity contribution < 1.29 is 13.8 Å². The smallest absolute Gasteiger partial charge is 0.164 e. The molecule has 0 aromatic rings. The van der Waals surface area contributed by atoms with E-state index in [1.807, 2.05) is 0 Å². The molecule has 4 heteroatoms. The van der Waals surface area contributed by atoms with E-state index in [1.165, 1.54) is 57.8 Å². The molecule has 0 aromatic heterocycles. The Morgan fingerprint density at radius 1 is 0.909 bits per heavy atom. The fraction of sp³-hybridized carbons (Fsp3) is 0.944. The lowest BCUT2D eigenvalue weighted by Crippen LogP contribution is -2.44. The van der Waals surface area contributed by atoms with Crippen molar-refractivity contribution in [2.24, 2.45) is 0 Å². The minimum Gasteiger partial charge on any atom is -0.549 e. The Kier molecular flexibility index (Phi) is 13.5. The number of hydrogen-bond acceptors (Lipinski definition) is 2. The summed E-state index contributed by atoms with van der Waals surface area (Å²) in [4.78, 5) is 12.1. The van der Waals surface area contributed by atoms with Crippen LogP contribution in [0.2, 0.25) is 0 Å². The lowest BCUT2D eigenvalue weighted by molar-refractivity contribution is -0.872. The van der Waals surface area contributed by atoms with Crippen molar-refractivity contribution in [1.82, 2.24) is 0 Å². The van der Waals surface area contributed by atoms with Crippen LogP contribution in [0.5, 0.6) is 0 Å². The number of Topliss-reactive ketones (excluding diaryl/α,β-unsaturated/α-hetero) is 1. The van der Waals surface area contributed by atoms with E-state index < -0.39 is 0 Å². The number of quaternary nitrogens is 1. The normalized spacial score (nSPS) is 13.3. The number of likely N-dealkylation sites (N-methyl/N-ethyl adjacent to an activating group) is 1. The van der Waals surface area contributed by atoms with Gasteiger partial charge in [-0.15, -0.1) is 0 Å². The van der Waals surface area contributed by atoms with Crippen LogP contribution in [0, 0.1) is 0 Å². The molecule has 0 radical (unpaired) electrons. The molecular weight excluding hydrogens is 293 g/mol. The molecule has 3 nitrogen and oxygen atoms in total. The van der Waals surface area contributed by atoms with Crippen LogP contribution >= 0.6 is 9.47 Å². The van der Waals surface area contributed by atoms with E-state index in [1.54, 1.807) is 0 Å². The Morgan fingerprint density at radius 3 is 1.77 bits per heavy atom. The zero-order chi connectivity index (χ0) is 16.8. The standard InChI is InChI=1S/C18H38NO2P/c1-5-6-7-8-9-10-11-12-13-14-15-17(20)18(21-22)16-19(2,3)4/h18,22H,5-16H2,1-4H3. The van der Waals surface area contributed by atoms with Gasteiger partial charge in [-0.25, -0.2) is 0 Å². The third-order valence-electron chi connectivity index (χ3n) is 3.99. The van der Waals surface area contributed by atoms with E-state index in [0.29, 0.717) is 13.0 Å². The fourth-order valence-corrected chi connectivity index (χ4v) is 2.86. The zero-order valence-corrected chi connectivity index (χ0v) is 16.3. The predicted molar refractivity (Wildman–Crippen MR) is 97.6 cm³/mol. The number of rotatable bonds is 15. The molecule has 0 N–H and O–H groups in total. The van der Waals surface area contributed by atoms with Crippen molar-refractivity contribution in [3.8, 4) is 0 Å². The Hall–Kier alpha value is 0.0200. The molecule has 0 bridgehead atoms. The molecule has 0 aromatic carbocycles. The molecule has 0 saturated carbocycles. The maximum absolute atomic E-state index is 12.1. The van der Waals surface area contributed by atoms with E-state index in [2.05, 4.69) is 37.5 Å². The predicted octanol–water partition coefficient (Wildman–Crippen LogP) is 5.02. The highest BCUT2D eigenvalue weighted by Gasteiger charge is 2.21. The Morgan fingerprint density at radius 2 is 1.36 bits per heavy atom. The quantitative estimate of drug-likeness (QED) is 0.239. The van der Waals surface area contributed by atoms with Gasteiger partial charge in [0.2, 0.25) is 0 Å². The maximum atomic E-state index is 12.1. The largest absolute Gasteiger partial charge is 0.549 e. The second-order valence-electron chi connectivity index (χ2n) is 7.48. The van der Waals surface area contributed by atoms with Gasteiger partial charge in [0.05, 0.1) is 21.1 Å². The van der Waals surface area contributed by atoms with Gasteiger partial charge >= 0.3 is 0 Å². The molecular formula is C18H38NO2P. The third kappa shape index (κ3) is 13.7. The minimum atomic E-state index is -0.324.